The summed E-state index contributed by atoms with van der Waals surface area (Å²) in [6, 6.07) is 6.97. The Morgan fingerprint density at radius 2 is 1.45 bits per heavy atom. The highest BCUT2D eigenvalue weighted by atomic mass is 127. The van der Waals surface area contributed by atoms with Crippen molar-refractivity contribution in [2.24, 2.45) is 29.6 Å². The normalized spacial score (nSPS) is 34.5. The van der Waals surface area contributed by atoms with Gasteiger partial charge in [0.15, 0.2) is 38.5 Å². The fourth-order valence-electron chi connectivity index (χ4n) is 12.8. The maximum Gasteiger partial charge on any atom is 0.193 e. The second kappa shape index (κ2) is 27.3. The Balaban J connectivity index is 1.15. The third-order valence-electron chi connectivity index (χ3n) is 20.3. The highest BCUT2D eigenvalue weighted by Crippen LogP contribution is 2.49. The van der Waals surface area contributed by atoms with Crippen molar-refractivity contribution in [3.63, 3.8) is 0 Å². The van der Waals surface area contributed by atoms with Crippen LogP contribution in [-0.2, 0) is 56.6 Å². The number of halogens is 1. The standard InChI is InChI=1S/C64H105IO12SSi2/c1-19-39(2)34-54-44(7)58(56(74-54)38-55-43(6)41(4)35-46(72-55)22-27-51-42(5)36-47(71-51)24-29-57-69-32-33-70-57)62(78(67,68)49-25-20-40(3)21-26-49)50(66)37-48-23-28-52-59(73-48)45(8)60(77-80(17,18)64(12,13)14)61(75-52)53(30-31-65)76-79(15,16)63(9,10)11/h20-21,25-26,30-31,39,41,44-48,51-62H,5-6,19,22-24,27-29,32-38H2,1-4,7-18H3/b31-30+/t39-,41+,44-,45+,46+,47+,48-,51+,52+,53+,54-,55-,56+,58-,59+,60+,61-,62?/m1/s1. The van der Waals surface area contributed by atoms with Gasteiger partial charge < -0.3 is 42.0 Å². The Morgan fingerprint density at radius 3 is 2.08 bits per heavy atom. The van der Waals surface area contributed by atoms with Crippen LogP contribution in [0.5, 0.6) is 0 Å². The predicted molar refractivity (Wildman–Crippen MR) is 333 cm³/mol. The summed E-state index contributed by atoms with van der Waals surface area (Å²) in [6.45, 7) is 45.9. The largest absolute Gasteiger partial charge is 0.411 e. The maximum absolute atomic E-state index is 15.8. The molecule has 6 aliphatic heterocycles. The lowest BCUT2D eigenvalue weighted by atomic mass is 9.78. The summed E-state index contributed by atoms with van der Waals surface area (Å²) in [7, 11) is -8.90. The molecule has 18 atom stereocenters. The van der Waals surface area contributed by atoms with Crippen LogP contribution >= 0.6 is 22.6 Å². The van der Waals surface area contributed by atoms with E-state index in [4.69, 9.17) is 42.0 Å². The number of carbonyl (C=O) groups is 1. The summed E-state index contributed by atoms with van der Waals surface area (Å²) in [4.78, 5) is 15.9. The molecule has 0 spiro atoms. The van der Waals surface area contributed by atoms with E-state index in [1.165, 1.54) is 0 Å². The third-order valence-corrected chi connectivity index (χ3v) is 31.8. The SMILES string of the molecule is C=C1C[C@H](CCC2OCCO2)O[C@H]1CC[C@H]1C[C@H](C)C(=C)[C@@H](C[C@@H]2O[C@H](C[C@H](C)CC)[C@@H](C)[C@H]2C(C(=O)C[C@H]2CC[C@@H]3O[C@H]([C@H](/C=C/I)O[Si](C)(C)C(C)(C)C)[C@@H](O[Si](C)(C)C(C)(C)C)[C@@H](C)[C@@H]3O2)S(=O)(=O)c2ccc(C)cc2)O1. The molecule has 16 heteroatoms. The van der Waals surface area contributed by atoms with Crippen LogP contribution < -0.4 is 0 Å². The van der Waals surface area contributed by atoms with Gasteiger partial charge in [0.05, 0.1) is 85.3 Å². The van der Waals surface area contributed by atoms with Gasteiger partial charge in [0.1, 0.15) is 11.4 Å². The first-order chi connectivity index (χ1) is 37.3. The quantitative estimate of drug-likeness (QED) is 0.0586. The number of hydrogen-bond acceptors (Lipinski definition) is 12. The van der Waals surface area contributed by atoms with Crippen LogP contribution in [0, 0.1) is 36.5 Å². The molecule has 0 N–H and O–H groups in total. The van der Waals surface area contributed by atoms with E-state index in [1.54, 1.807) is 12.1 Å². The number of aryl methyl sites for hydroxylation is 1. The van der Waals surface area contributed by atoms with Gasteiger partial charge in [-0.2, -0.15) is 0 Å². The number of carbonyl (C=O) groups excluding carboxylic acids is 1. The number of fused-ring (bicyclic) bond motifs is 1. The third kappa shape index (κ3) is 15.7. The molecular formula is C64H105IO12SSi2. The molecule has 12 nitrogen and oxygen atoms in total. The van der Waals surface area contributed by atoms with E-state index in [0.717, 1.165) is 68.1 Å². The second-order valence-electron chi connectivity index (χ2n) is 28.3. The number of hydrogen-bond donors (Lipinski definition) is 0. The Morgan fingerprint density at radius 1 is 0.812 bits per heavy atom. The van der Waals surface area contributed by atoms with Crippen LogP contribution in [-0.4, -0.2) is 129 Å². The van der Waals surface area contributed by atoms with E-state index in [2.05, 4.69) is 144 Å². The summed E-state index contributed by atoms with van der Waals surface area (Å²) >= 11 is 2.29. The Bertz CT molecular complexity index is 2380. The summed E-state index contributed by atoms with van der Waals surface area (Å²) in [5.41, 5.74) is 3.05. The summed E-state index contributed by atoms with van der Waals surface area (Å²) in [6.07, 6.45) is 6.74. The van der Waals surface area contributed by atoms with Crippen LogP contribution in [0.2, 0.25) is 36.3 Å². The zero-order valence-electron chi connectivity index (χ0n) is 51.9. The molecule has 0 aromatic heterocycles. The molecule has 1 unspecified atom stereocenters. The zero-order chi connectivity index (χ0) is 58.9. The lowest BCUT2D eigenvalue weighted by Gasteiger charge is -2.54. The van der Waals surface area contributed by atoms with Gasteiger partial charge in [0, 0.05) is 31.1 Å². The highest BCUT2D eigenvalue weighted by molar-refractivity contribution is 14.1. The van der Waals surface area contributed by atoms with Crippen LogP contribution in [0.1, 0.15) is 159 Å². The van der Waals surface area contributed by atoms with E-state index in [9.17, 15) is 0 Å². The van der Waals surface area contributed by atoms with Crippen LogP contribution in [0.4, 0.5) is 0 Å². The molecule has 0 bridgehead atoms. The maximum atomic E-state index is 15.8. The molecule has 0 saturated carbocycles. The molecule has 0 aliphatic carbocycles. The predicted octanol–water partition coefficient (Wildman–Crippen LogP) is 14.6. The number of sulfone groups is 1. The first-order valence-corrected chi connectivity index (χ1v) is 39.3. The summed E-state index contributed by atoms with van der Waals surface area (Å²) < 4.78 is 94.5. The molecule has 0 radical (unpaired) electrons. The van der Waals surface area contributed by atoms with Crippen molar-refractivity contribution in [2.45, 2.75) is 286 Å². The summed E-state index contributed by atoms with van der Waals surface area (Å²) in [5.74, 6) is -0.833. The van der Waals surface area contributed by atoms with Crippen molar-refractivity contribution in [1.82, 2.24) is 0 Å². The minimum Gasteiger partial charge on any atom is -0.411 e. The minimum atomic E-state index is -4.25. The van der Waals surface area contributed by atoms with Gasteiger partial charge in [-0.3, -0.25) is 4.79 Å². The van der Waals surface area contributed by atoms with Crippen molar-refractivity contribution in [2.75, 3.05) is 13.2 Å². The fourth-order valence-corrected chi connectivity index (χ4v) is 18.0. The molecule has 6 heterocycles. The molecule has 0 amide bonds. The Hall–Kier alpha value is -1.14. The molecule has 6 saturated heterocycles. The number of Topliss-reactive ketones (excluding diaryl/α,β-unsaturated/α-hetero) is 1. The second-order valence-corrected chi connectivity index (χ2v) is 40.6. The highest BCUT2D eigenvalue weighted by Gasteiger charge is 2.57. The molecule has 7 rings (SSSR count). The van der Waals surface area contributed by atoms with Gasteiger partial charge in [-0.05, 0) is 146 Å². The van der Waals surface area contributed by atoms with Gasteiger partial charge in [0.25, 0.3) is 0 Å². The molecule has 6 fully saturated rings. The molecule has 80 heavy (non-hydrogen) atoms. The van der Waals surface area contributed by atoms with Crippen LogP contribution in [0.15, 0.2) is 63.6 Å². The minimum absolute atomic E-state index is 0.0212. The Labute approximate surface area is 500 Å². The van der Waals surface area contributed by atoms with Gasteiger partial charge in [0.2, 0.25) is 0 Å². The van der Waals surface area contributed by atoms with Gasteiger partial charge in [-0.1, -0.05) is 136 Å². The van der Waals surface area contributed by atoms with Crippen molar-refractivity contribution in [3.8, 4) is 0 Å². The fraction of sp³-hybridized carbons (Fsp3) is 0.797. The molecule has 1 aromatic carbocycles. The van der Waals surface area contributed by atoms with E-state index in [0.29, 0.717) is 38.4 Å². The average molecular weight is 1280 g/mol. The Kier molecular flexibility index (Phi) is 22.6. The average Bonchev–Trinajstić information content (AvgIpc) is 4.26. The summed E-state index contributed by atoms with van der Waals surface area (Å²) in [5, 5.41) is -1.47. The molecular weight excluding hydrogens is 1180 g/mol. The van der Waals surface area contributed by atoms with Crippen molar-refractivity contribution in [1.29, 1.82) is 0 Å². The lowest BCUT2D eigenvalue weighted by Crippen LogP contribution is -2.64. The zero-order valence-corrected chi connectivity index (χ0v) is 56.9. The van der Waals surface area contributed by atoms with Crippen molar-refractivity contribution in [3.05, 3.63) is 64.3 Å². The van der Waals surface area contributed by atoms with Crippen LogP contribution in [0.25, 0.3) is 0 Å². The first kappa shape index (κ1) is 66.4. The smallest absolute Gasteiger partial charge is 0.193 e. The lowest BCUT2D eigenvalue weighted by molar-refractivity contribution is -0.251. The number of ketones is 1. The van der Waals surface area contributed by atoms with E-state index >= 15 is 13.2 Å². The van der Waals surface area contributed by atoms with E-state index in [1.807, 2.05) is 23.1 Å². The topological polar surface area (TPSA) is 134 Å². The first-order valence-electron chi connectivity index (χ1n) is 30.7. The molecule has 6 aliphatic rings. The van der Waals surface area contributed by atoms with Gasteiger partial charge in [-0.25, -0.2) is 8.42 Å². The van der Waals surface area contributed by atoms with Crippen LogP contribution in [0.3, 0.4) is 0 Å². The monoisotopic (exact) mass is 1280 g/mol. The molecule has 454 valence electrons. The van der Waals surface area contributed by atoms with E-state index < -0.39 is 49.8 Å². The van der Waals surface area contributed by atoms with Crippen molar-refractivity contribution < 1.29 is 55.2 Å². The number of ether oxygens (including phenoxy) is 7. The van der Waals surface area contributed by atoms with Crippen molar-refractivity contribution >= 4 is 54.8 Å². The van der Waals surface area contributed by atoms with Gasteiger partial charge in [-0.15, -0.1) is 0 Å². The number of rotatable bonds is 23. The van der Waals surface area contributed by atoms with E-state index in [-0.39, 0.29) is 112 Å². The number of benzene rings is 1. The molecule has 1 aromatic rings. The van der Waals surface area contributed by atoms with Gasteiger partial charge >= 0.3 is 0 Å².